The Balaban J connectivity index is 1.98. The molecule has 0 radical (unpaired) electrons. The van der Waals surface area contributed by atoms with Crippen molar-refractivity contribution in [1.29, 1.82) is 0 Å². The fourth-order valence-corrected chi connectivity index (χ4v) is 2.48. The molecule has 0 spiro atoms. The van der Waals surface area contributed by atoms with Crippen LogP contribution in [0.4, 0.5) is 5.69 Å². The number of nitrogens with two attached hydrogens (primary N) is 1. The predicted molar refractivity (Wildman–Crippen MR) is 79.7 cm³/mol. The minimum atomic E-state index is 0.495. The molecule has 0 atom stereocenters. The van der Waals surface area contributed by atoms with Crippen LogP contribution in [0.1, 0.15) is 30.4 Å². The molecule has 4 nitrogen and oxygen atoms in total. The van der Waals surface area contributed by atoms with Gasteiger partial charge in [0.15, 0.2) is 5.96 Å². The molecule has 3 N–H and O–H groups in total. The van der Waals surface area contributed by atoms with Crippen molar-refractivity contribution in [1.82, 2.24) is 0 Å². The van der Waals surface area contributed by atoms with Crippen LogP contribution in [-0.4, -0.2) is 26.2 Å². The summed E-state index contributed by atoms with van der Waals surface area (Å²) in [5.74, 6) is 0.495. The van der Waals surface area contributed by atoms with Crippen molar-refractivity contribution in [2.75, 3.05) is 25.6 Å². The van der Waals surface area contributed by atoms with Crippen molar-refractivity contribution in [3.05, 3.63) is 29.3 Å². The molecule has 1 aliphatic carbocycles. The zero-order valence-electron chi connectivity index (χ0n) is 11.6. The number of aryl methyl sites for hydroxylation is 1. The van der Waals surface area contributed by atoms with Gasteiger partial charge in [0.1, 0.15) is 0 Å². The van der Waals surface area contributed by atoms with E-state index in [0.29, 0.717) is 12.5 Å². The van der Waals surface area contributed by atoms with Crippen molar-refractivity contribution < 1.29 is 4.74 Å². The molecule has 0 saturated heterocycles. The minimum Gasteiger partial charge on any atom is -0.385 e. The first-order valence-electron chi connectivity index (χ1n) is 6.98. The third-order valence-electron chi connectivity index (χ3n) is 3.45. The van der Waals surface area contributed by atoms with Crippen LogP contribution in [0.2, 0.25) is 0 Å². The molecule has 2 rings (SSSR count). The van der Waals surface area contributed by atoms with Crippen LogP contribution in [0.25, 0.3) is 0 Å². The Morgan fingerprint density at radius 3 is 3.05 bits per heavy atom. The van der Waals surface area contributed by atoms with E-state index in [0.717, 1.165) is 25.1 Å². The van der Waals surface area contributed by atoms with Gasteiger partial charge in [0.05, 0.1) is 0 Å². The fourth-order valence-electron chi connectivity index (χ4n) is 2.48. The first kappa shape index (κ1) is 13.9. The number of rotatable bonds is 5. The Labute approximate surface area is 115 Å². The third kappa shape index (κ3) is 3.96. The number of hydrogen-bond acceptors (Lipinski definition) is 2. The van der Waals surface area contributed by atoms with Gasteiger partial charge < -0.3 is 15.8 Å². The van der Waals surface area contributed by atoms with Gasteiger partial charge in [-0.1, -0.05) is 12.1 Å². The summed E-state index contributed by atoms with van der Waals surface area (Å²) in [7, 11) is 1.70. The summed E-state index contributed by atoms with van der Waals surface area (Å²) in [6.07, 6.45) is 5.75. The van der Waals surface area contributed by atoms with E-state index in [1.54, 1.807) is 7.11 Å². The quantitative estimate of drug-likeness (QED) is 0.486. The van der Waals surface area contributed by atoms with E-state index in [1.165, 1.54) is 30.4 Å². The molecule has 0 saturated carbocycles. The molecule has 0 unspecified atom stereocenters. The van der Waals surface area contributed by atoms with Crippen LogP contribution in [-0.2, 0) is 17.6 Å². The number of aliphatic imine (C=N–C) groups is 1. The number of fused-ring (bicyclic) bond motifs is 1. The molecule has 1 aliphatic rings. The maximum absolute atomic E-state index is 5.92. The number of hydrogen-bond donors (Lipinski definition) is 2. The average Bonchev–Trinajstić information content (AvgIpc) is 2.44. The first-order chi connectivity index (χ1) is 9.31. The second-order valence-corrected chi connectivity index (χ2v) is 4.89. The van der Waals surface area contributed by atoms with Crippen molar-refractivity contribution in [2.24, 2.45) is 10.7 Å². The van der Waals surface area contributed by atoms with E-state index < -0.39 is 0 Å². The molecule has 0 amide bonds. The molecule has 1 aromatic rings. The number of methoxy groups -OCH3 is 1. The second-order valence-electron chi connectivity index (χ2n) is 4.89. The van der Waals surface area contributed by atoms with E-state index >= 15 is 0 Å². The van der Waals surface area contributed by atoms with E-state index in [9.17, 15) is 0 Å². The third-order valence-corrected chi connectivity index (χ3v) is 3.45. The summed E-state index contributed by atoms with van der Waals surface area (Å²) in [5, 5.41) is 3.23. The van der Waals surface area contributed by atoms with Gasteiger partial charge in [0, 0.05) is 25.9 Å². The highest BCUT2D eigenvalue weighted by Gasteiger charge is 2.12. The molecule has 1 aromatic carbocycles. The van der Waals surface area contributed by atoms with Gasteiger partial charge in [-0.05, 0) is 49.3 Å². The normalized spacial score (nSPS) is 15.1. The van der Waals surface area contributed by atoms with Crippen molar-refractivity contribution >= 4 is 11.6 Å². The molecule has 19 heavy (non-hydrogen) atoms. The largest absolute Gasteiger partial charge is 0.385 e. The lowest BCUT2D eigenvalue weighted by Gasteiger charge is -2.19. The van der Waals surface area contributed by atoms with Gasteiger partial charge in [0.25, 0.3) is 0 Å². The highest BCUT2D eigenvalue weighted by Crippen LogP contribution is 2.27. The van der Waals surface area contributed by atoms with Crippen LogP contribution < -0.4 is 11.1 Å². The lowest BCUT2D eigenvalue weighted by Crippen LogP contribution is -2.24. The number of benzene rings is 1. The van der Waals surface area contributed by atoms with Crippen molar-refractivity contribution in [2.45, 2.75) is 32.1 Å². The Morgan fingerprint density at radius 2 is 2.21 bits per heavy atom. The van der Waals surface area contributed by atoms with E-state index in [-0.39, 0.29) is 0 Å². The zero-order chi connectivity index (χ0) is 13.5. The smallest absolute Gasteiger partial charge is 0.193 e. The number of anilines is 1. The van der Waals surface area contributed by atoms with Gasteiger partial charge >= 0.3 is 0 Å². The van der Waals surface area contributed by atoms with Crippen LogP contribution in [0, 0.1) is 0 Å². The number of nitrogens with zero attached hydrogens (tertiary/aromatic N) is 1. The maximum atomic E-state index is 5.92. The van der Waals surface area contributed by atoms with Gasteiger partial charge in [-0.25, -0.2) is 0 Å². The summed E-state index contributed by atoms with van der Waals surface area (Å²) in [4.78, 5) is 4.31. The minimum absolute atomic E-state index is 0.495. The van der Waals surface area contributed by atoms with Crippen molar-refractivity contribution in [3.63, 3.8) is 0 Å². The molecule has 0 heterocycles. The average molecular weight is 261 g/mol. The Morgan fingerprint density at radius 1 is 1.37 bits per heavy atom. The monoisotopic (exact) mass is 261 g/mol. The van der Waals surface area contributed by atoms with E-state index in [4.69, 9.17) is 10.5 Å². The first-order valence-corrected chi connectivity index (χ1v) is 6.98. The fraction of sp³-hybridized carbons (Fsp3) is 0.533. The Hall–Kier alpha value is -1.55. The van der Waals surface area contributed by atoms with Crippen molar-refractivity contribution in [3.8, 4) is 0 Å². The highest BCUT2D eigenvalue weighted by atomic mass is 16.5. The molecule has 4 heteroatoms. The van der Waals surface area contributed by atoms with Crippen LogP contribution in [0.5, 0.6) is 0 Å². The number of ether oxygens (including phenoxy) is 1. The summed E-state index contributed by atoms with van der Waals surface area (Å²) in [6, 6.07) is 6.39. The summed E-state index contributed by atoms with van der Waals surface area (Å²) in [6.45, 7) is 1.42. The van der Waals surface area contributed by atoms with Gasteiger partial charge in [-0.2, -0.15) is 0 Å². The summed E-state index contributed by atoms with van der Waals surface area (Å²) < 4.78 is 4.99. The zero-order valence-corrected chi connectivity index (χ0v) is 11.6. The lowest BCUT2D eigenvalue weighted by molar-refractivity contribution is 0.197. The Kier molecular flexibility index (Phi) is 5.21. The van der Waals surface area contributed by atoms with E-state index in [1.807, 2.05) is 0 Å². The highest BCUT2D eigenvalue weighted by molar-refractivity contribution is 5.93. The topological polar surface area (TPSA) is 59.6 Å². The SMILES string of the molecule is COCCCN=C(N)Nc1cccc2c1CCCC2. The van der Waals surface area contributed by atoms with Gasteiger partial charge in [0.2, 0.25) is 0 Å². The van der Waals surface area contributed by atoms with Gasteiger partial charge in [-0.3, -0.25) is 4.99 Å². The predicted octanol–water partition coefficient (Wildman–Crippen LogP) is 2.33. The van der Waals surface area contributed by atoms with Crippen LogP contribution in [0.15, 0.2) is 23.2 Å². The van der Waals surface area contributed by atoms with Crippen LogP contribution >= 0.6 is 0 Å². The molecule has 104 valence electrons. The summed E-state index contributed by atoms with van der Waals surface area (Å²) in [5.41, 5.74) is 9.89. The number of nitrogens with one attached hydrogen (secondary N) is 1. The Bertz CT molecular complexity index is 443. The molecule has 0 bridgehead atoms. The lowest BCUT2D eigenvalue weighted by atomic mass is 9.90. The standard InChI is InChI=1S/C15H23N3O/c1-19-11-5-10-17-15(16)18-14-9-4-7-12-6-2-3-8-13(12)14/h4,7,9H,2-3,5-6,8,10-11H2,1H3,(H3,16,17,18). The van der Waals surface area contributed by atoms with Gasteiger partial charge in [-0.15, -0.1) is 0 Å². The maximum Gasteiger partial charge on any atom is 0.193 e. The molecular weight excluding hydrogens is 238 g/mol. The molecule has 0 aliphatic heterocycles. The number of guanidine groups is 1. The molecule has 0 aromatic heterocycles. The summed E-state index contributed by atoms with van der Waals surface area (Å²) >= 11 is 0. The van der Waals surface area contributed by atoms with Crippen LogP contribution in [0.3, 0.4) is 0 Å². The van der Waals surface area contributed by atoms with E-state index in [2.05, 4.69) is 28.5 Å². The molecule has 0 fully saturated rings. The molecular formula is C15H23N3O. The second kappa shape index (κ2) is 7.14.